The first-order chi connectivity index (χ1) is 15.7. The quantitative estimate of drug-likeness (QED) is 0.596. The molecule has 0 fully saturated rings. The number of hydrogen-bond acceptors (Lipinski definition) is 7. The zero-order valence-corrected chi connectivity index (χ0v) is 18.8. The average molecular weight is 448 g/mol. The maximum Gasteiger partial charge on any atom is 0.225 e. The van der Waals surface area contributed by atoms with E-state index in [0.717, 1.165) is 0 Å². The molecule has 5 rings (SSSR count). The Morgan fingerprint density at radius 1 is 1.15 bits per heavy atom. The summed E-state index contributed by atoms with van der Waals surface area (Å²) in [7, 11) is 0. The lowest BCUT2D eigenvalue weighted by atomic mass is 9.80. The van der Waals surface area contributed by atoms with Crippen molar-refractivity contribution in [2.45, 2.75) is 26.3 Å². The van der Waals surface area contributed by atoms with Gasteiger partial charge >= 0.3 is 0 Å². The molecule has 0 aliphatic carbocycles. The van der Waals surface area contributed by atoms with Crippen molar-refractivity contribution >= 4 is 5.84 Å². The van der Waals surface area contributed by atoms with E-state index in [1.165, 1.54) is 6.20 Å². The number of aliphatic imine (C=N–C) groups is 1. The van der Waals surface area contributed by atoms with Crippen molar-refractivity contribution in [2.75, 3.05) is 19.8 Å². The van der Waals surface area contributed by atoms with Gasteiger partial charge in [-0.15, -0.1) is 0 Å². The molecule has 2 aliphatic heterocycles. The molecule has 2 aromatic heterocycles. The zero-order chi connectivity index (χ0) is 23.2. The number of nitrogens with zero attached hydrogens (tertiary/aromatic N) is 3. The van der Waals surface area contributed by atoms with E-state index < -0.39 is 11.5 Å². The van der Waals surface area contributed by atoms with Crippen LogP contribution in [0.4, 0.5) is 4.39 Å². The Kier molecular flexibility index (Phi) is 5.05. The number of nitrogens with two attached hydrogens (primary N) is 1. The van der Waals surface area contributed by atoms with Gasteiger partial charge in [-0.05, 0) is 41.3 Å². The largest absolute Gasteiger partial charge is 0.491 e. The maximum absolute atomic E-state index is 14.4. The smallest absolute Gasteiger partial charge is 0.225 e. The first kappa shape index (κ1) is 21.3. The van der Waals surface area contributed by atoms with Crippen LogP contribution in [0.15, 0.2) is 53.8 Å². The van der Waals surface area contributed by atoms with Gasteiger partial charge in [0.2, 0.25) is 11.8 Å². The van der Waals surface area contributed by atoms with Crippen molar-refractivity contribution in [1.29, 1.82) is 0 Å². The molecule has 8 heteroatoms. The fourth-order valence-electron chi connectivity index (χ4n) is 4.04. The second kappa shape index (κ2) is 7.81. The minimum atomic E-state index is -0.992. The van der Waals surface area contributed by atoms with E-state index in [4.69, 9.17) is 24.9 Å². The van der Waals surface area contributed by atoms with E-state index in [1.807, 2.05) is 12.1 Å². The number of benzene rings is 1. The summed E-state index contributed by atoms with van der Waals surface area (Å²) in [5.41, 5.74) is 7.57. The van der Waals surface area contributed by atoms with Crippen molar-refractivity contribution in [2.24, 2.45) is 16.1 Å². The number of halogens is 1. The molecule has 1 atom stereocenters. The summed E-state index contributed by atoms with van der Waals surface area (Å²) in [6.45, 7) is 7.28. The molecule has 7 nitrogen and oxygen atoms in total. The highest BCUT2D eigenvalue weighted by Gasteiger charge is 2.46. The third-order valence-corrected chi connectivity index (χ3v) is 5.54. The lowest BCUT2D eigenvalue weighted by Crippen LogP contribution is -2.42. The Labute approximate surface area is 191 Å². The second-order valence-corrected chi connectivity index (χ2v) is 9.48. The molecule has 170 valence electrons. The van der Waals surface area contributed by atoms with Gasteiger partial charge in [-0.25, -0.2) is 9.97 Å². The third kappa shape index (κ3) is 3.91. The molecule has 1 spiro atoms. The zero-order valence-electron chi connectivity index (χ0n) is 18.8. The SMILES string of the molecule is CC(C)(C)COc1cnc2c(c1)C1(COCC(N)=N1)c1cc(-c3cccnc3F)ccc1O2. The Morgan fingerprint density at radius 2 is 2.00 bits per heavy atom. The predicted octanol–water partition coefficient (Wildman–Crippen LogP) is 4.44. The second-order valence-electron chi connectivity index (χ2n) is 9.48. The Morgan fingerprint density at radius 3 is 2.76 bits per heavy atom. The summed E-state index contributed by atoms with van der Waals surface area (Å²) >= 11 is 0. The topological polar surface area (TPSA) is 91.9 Å². The van der Waals surface area contributed by atoms with E-state index in [-0.39, 0.29) is 18.6 Å². The van der Waals surface area contributed by atoms with Crippen LogP contribution in [0.5, 0.6) is 17.4 Å². The Hall–Kier alpha value is -3.52. The number of pyridine rings is 2. The lowest BCUT2D eigenvalue weighted by Gasteiger charge is -2.39. The first-order valence-corrected chi connectivity index (χ1v) is 10.7. The molecule has 33 heavy (non-hydrogen) atoms. The Bertz CT molecular complexity index is 1250. The number of rotatable bonds is 3. The minimum absolute atomic E-state index is 0.0179. The van der Waals surface area contributed by atoms with Crippen molar-refractivity contribution < 1.29 is 18.6 Å². The van der Waals surface area contributed by atoms with E-state index in [1.54, 1.807) is 30.5 Å². The fourth-order valence-corrected chi connectivity index (χ4v) is 4.04. The normalized spacial score (nSPS) is 19.3. The average Bonchev–Trinajstić information content (AvgIpc) is 2.78. The molecule has 0 radical (unpaired) electrons. The summed E-state index contributed by atoms with van der Waals surface area (Å²) < 4.78 is 32.4. The summed E-state index contributed by atoms with van der Waals surface area (Å²) in [4.78, 5) is 13.1. The van der Waals surface area contributed by atoms with E-state index >= 15 is 0 Å². The Balaban J connectivity index is 1.66. The number of hydrogen-bond donors (Lipinski definition) is 1. The van der Waals surface area contributed by atoms with Gasteiger partial charge in [-0.2, -0.15) is 4.39 Å². The van der Waals surface area contributed by atoms with Crippen LogP contribution < -0.4 is 15.2 Å². The highest BCUT2D eigenvalue weighted by atomic mass is 19.1. The van der Waals surface area contributed by atoms with Gasteiger partial charge in [0, 0.05) is 17.3 Å². The third-order valence-electron chi connectivity index (χ3n) is 5.54. The number of ether oxygens (including phenoxy) is 3. The molecule has 0 amide bonds. The van der Waals surface area contributed by atoms with Crippen LogP contribution in [0.3, 0.4) is 0 Å². The van der Waals surface area contributed by atoms with Crippen LogP contribution in [-0.4, -0.2) is 35.6 Å². The fraction of sp³-hybridized carbons (Fsp3) is 0.320. The van der Waals surface area contributed by atoms with Crippen LogP contribution in [0.1, 0.15) is 31.9 Å². The molecule has 2 aliphatic rings. The van der Waals surface area contributed by atoms with Crippen LogP contribution >= 0.6 is 0 Å². The highest BCUT2D eigenvalue weighted by Crippen LogP contribution is 2.51. The predicted molar refractivity (Wildman–Crippen MR) is 122 cm³/mol. The highest BCUT2D eigenvalue weighted by molar-refractivity contribution is 5.84. The van der Waals surface area contributed by atoms with Crippen LogP contribution in [0.25, 0.3) is 11.1 Å². The maximum atomic E-state index is 14.4. The molecule has 1 unspecified atom stereocenters. The van der Waals surface area contributed by atoms with Gasteiger partial charge < -0.3 is 19.9 Å². The van der Waals surface area contributed by atoms with Crippen molar-refractivity contribution in [1.82, 2.24) is 9.97 Å². The van der Waals surface area contributed by atoms with Gasteiger partial charge in [0.1, 0.15) is 29.5 Å². The van der Waals surface area contributed by atoms with Crippen LogP contribution in [-0.2, 0) is 10.3 Å². The van der Waals surface area contributed by atoms with Crippen molar-refractivity contribution in [3.05, 3.63) is 65.9 Å². The minimum Gasteiger partial charge on any atom is -0.491 e. The molecule has 3 aromatic rings. The van der Waals surface area contributed by atoms with Crippen molar-refractivity contribution in [3.63, 3.8) is 0 Å². The number of fused-ring (bicyclic) bond motifs is 4. The van der Waals surface area contributed by atoms with Gasteiger partial charge in [0.05, 0.1) is 25.0 Å². The molecule has 0 saturated heterocycles. The summed E-state index contributed by atoms with van der Waals surface area (Å²) in [5, 5.41) is 0. The summed E-state index contributed by atoms with van der Waals surface area (Å²) in [6.07, 6.45) is 3.06. The molecule has 0 saturated carbocycles. The van der Waals surface area contributed by atoms with Crippen LogP contribution in [0.2, 0.25) is 0 Å². The summed E-state index contributed by atoms with van der Waals surface area (Å²) in [5.74, 6) is 1.38. The molecule has 4 heterocycles. The molecule has 2 N–H and O–H groups in total. The monoisotopic (exact) mass is 448 g/mol. The van der Waals surface area contributed by atoms with E-state index in [9.17, 15) is 4.39 Å². The first-order valence-electron chi connectivity index (χ1n) is 10.7. The molecular formula is C25H25FN4O3. The standard InChI is InChI=1S/C25H25FN4O3/c1-24(2,3)13-32-16-10-19-23(29-11-16)33-20-7-6-15(17-5-4-8-28-22(17)26)9-18(20)25(19)14-31-12-21(27)30-25/h4-11H,12-14H2,1-3H3,(H2,27,30). The molecular weight excluding hydrogens is 423 g/mol. The lowest BCUT2D eigenvalue weighted by molar-refractivity contribution is 0.109. The van der Waals surface area contributed by atoms with Crippen LogP contribution in [0, 0.1) is 11.4 Å². The van der Waals surface area contributed by atoms with Crippen molar-refractivity contribution in [3.8, 4) is 28.5 Å². The van der Waals surface area contributed by atoms with Gasteiger partial charge in [-0.1, -0.05) is 26.8 Å². The number of aromatic nitrogens is 2. The van der Waals surface area contributed by atoms with E-state index in [0.29, 0.717) is 52.1 Å². The summed E-state index contributed by atoms with van der Waals surface area (Å²) in [6, 6.07) is 10.7. The molecule has 1 aromatic carbocycles. The van der Waals surface area contributed by atoms with Gasteiger partial charge in [0.25, 0.3) is 0 Å². The van der Waals surface area contributed by atoms with E-state index in [2.05, 4.69) is 30.7 Å². The van der Waals surface area contributed by atoms with Gasteiger partial charge in [0.15, 0.2) is 0 Å². The number of amidine groups is 1. The molecule has 0 bridgehead atoms. The van der Waals surface area contributed by atoms with Gasteiger partial charge in [-0.3, -0.25) is 4.99 Å².